The molecule has 1 aliphatic heterocycles. The van der Waals surface area contributed by atoms with Crippen molar-refractivity contribution in [2.24, 2.45) is 29.1 Å². The second-order valence-electron chi connectivity index (χ2n) is 7.98. The lowest BCUT2D eigenvalue weighted by Gasteiger charge is -2.64. The molecule has 0 aromatic rings. The molecule has 2 nitrogen and oxygen atoms in total. The highest BCUT2D eigenvalue weighted by molar-refractivity contribution is 8.00. The van der Waals surface area contributed by atoms with Gasteiger partial charge in [-0.25, -0.2) is 0 Å². The number of hydrogen-bond donors (Lipinski definition) is 1. The second kappa shape index (κ2) is 4.38. The van der Waals surface area contributed by atoms with E-state index >= 15 is 0 Å². The lowest BCUT2D eigenvalue weighted by Crippen LogP contribution is -2.61. The molecule has 19 heavy (non-hydrogen) atoms. The Hall–Kier alpha value is 0.270. The predicted molar refractivity (Wildman–Crippen MR) is 80.1 cm³/mol. The highest BCUT2D eigenvalue weighted by Crippen LogP contribution is 2.65. The summed E-state index contributed by atoms with van der Waals surface area (Å²) >= 11 is 1.91. The first-order chi connectivity index (χ1) is 8.74. The van der Waals surface area contributed by atoms with Gasteiger partial charge < -0.3 is 9.84 Å². The van der Waals surface area contributed by atoms with E-state index in [1.54, 1.807) is 0 Å². The van der Waals surface area contributed by atoms with Crippen molar-refractivity contribution in [1.82, 2.24) is 0 Å². The minimum atomic E-state index is -0.715. The highest BCUT2D eigenvalue weighted by Gasteiger charge is 2.60. The molecule has 1 heterocycles. The van der Waals surface area contributed by atoms with E-state index in [0.717, 1.165) is 18.4 Å². The van der Waals surface area contributed by atoms with Crippen LogP contribution in [-0.2, 0) is 4.74 Å². The van der Waals surface area contributed by atoms with Crippen LogP contribution in [0.2, 0.25) is 0 Å². The predicted octanol–water partition coefficient (Wildman–Crippen LogP) is 3.53. The Balaban J connectivity index is 1.71. The van der Waals surface area contributed by atoms with Crippen LogP contribution in [0.4, 0.5) is 0 Å². The van der Waals surface area contributed by atoms with Gasteiger partial charge in [-0.2, -0.15) is 0 Å². The van der Waals surface area contributed by atoms with Crippen molar-refractivity contribution in [3.05, 3.63) is 0 Å². The molecule has 1 N–H and O–H groups in total. The largest absolute Gasteiger partial charge is 0.386 e. The standard InChI is InChI=1S/C16H28O2S/c1-9(2)16(5,17)14-18-8-11-12-6-10(15(12,3)4)7-13(11)19-14/h9-14,17H,6-8H2,1-5H3/t10-,11+,12+,13+,14-,16-/m1/s1. The molecular weight excluding hydrogens is 256 g/mol. The molecule has 0 unspecified atom stereocenters. The molecule has 0 radical (unpaired) electrons. The first kappa shape index (κ1) is 14.2. The molecule has 3 heteroatoms. The van der Waals surface area contributed by atoms with E-state index in [2.05, 4.69) is 27.7 Å². The van der Waals surface area contributed by atoms with Gasteiger partial charge in [0.2, 0.25) is 0 Å². The average Bonchev–Trinajstić information content (AvgIpc) is 2.36. The Labute approximate surface area is 121 Å². The number of ether oxygens (including phenoxy) is 1. The first-order valence-electron chi connectivity index (χ1n) is 7.74. The molecule has 3 saturated carbocycles. The van der Waals surface area contributed by atoms with Crippen molar-refractivity contribution in [3.8, 4) is 0 Å². The first-order valence-corrected chi connectivity index (χ1v) is 8.68. The summed E-state index contributed by atoms with van der Waals surface area (Å²) in [7, 11) is 0. The van der Waals surface area contributed by atoms with Crippen LogP contribution in [0.3, 0.4) is 0 Å². The third-order valence-corrected chi connectivity index (χ3v) is 8.19. The molecule has 4 rings (SSSR count). The molecular formula is C16H28O2S. The zero-order valence-corrected chi connectivity index (χ0v) is 13.7. The van der Waals surface area contributed by atoms with Crippen LogP contribution in [0.25, 0.3) is 0 Å². The Morgan fingerprint density at radius 3 is 2.58 bits per heavy atom. The van der Waals surface area contributed by atoms with Gasteiger partial charge >= 0.3 is 0 Å². The smallest absolute Gasteiger partial charge is 0.132 e. The molecule has 0 amide bonds. The third kappa shape index (κ3) is 1.99. The molecule has 0 aromatic heterocycles. The van der Waals surface area contributed by atoms with E-state index in [0.29, 0.717) is 16.6 Å². The summed E-state index contributed by atoms with van der Waals surface area (Å²) in [5, 5.41) is 11.3. The van der Waals surface area contributed by atoms with Crippen molar-refractivity contribution in [1.29, 1.82) is 0 Å². The quantitative estimate of drug-likeness (QED) is 0.841. The summed E-state index contributed by atoms with van der Waals surface area (Å²) < 4.78 is 6.07. The summed E-state index contributed by atoms with van der Waals surface area (Å²) in [5.74, 6) is 2.68. The van der Waals surface area contributed by atoms with Crippen LogP contribution in [0, 0.1) is 29.1 Å². The SMILES string of the molecule is CC(C)[C@@](C)(O)[C@@H]1OC[C@@H]2[C@H](C[C@H]3C[C@@H]2C3(C)C)S1. The maximum absolute atomic E-state index is 10.6. The Kier molecular flexibility index (Phi) is 3.28. The van der Waals surface area contributed by atoms with Crippen LogP contribution in [0.15, 0.2) is 0 Å². The fourth-order valence-electron chi connectivity index (χ4n) is 4.25. The second-order valence-corrected chi connectivity index (χ2v) is 9.29. The van der Waals surface area contributed by atoms with Gasteiger partial charge in [0.15, 0.2) is 0 Å². The van der Waals surface area contributed by atoms with Gasteiger partial charge in [-0.3, -0.25) is 0 Å². The van der Waals surface area contributed by atoms with Crippen molar-refractivity contribution in [2.45, 2.75) is 63.7 Å². The minimum Gasteiger partial charge on any atom is -0.386 e. The van der Waals surface area contributed by atoms with E-state index in [9.17, 15) is 5.11 Å². The summed E-state index contributed by atoms with van der Waals surface area (Å²) in [5.41, 5.74) is -0.236. The van der Waals surface area contributed by atoms with Gasteiger partial charge in [-0.05, 0) is 48.9 Å². The van der Waals surface area contributed by atoms with Crippen LogP contribution in [0.1, 0.15) is 47.5 Å². The van der Waals surface area contributed by atoms with Crippen molar-refractivity contribution in [3.63, 3.8) is 0 Å². The summed E-state index contributed by atoms with van der Waals surface area (Å²) in [4.78, 5) is 0. The van der Waals surface area contributed by atoms with E-state index in [1.165, 1.54) is 12.8 Å². The molecule has 3 aliphatic carbocycles. The van der Waals surface area contributed by atoms with Gasteiger partial charge in [-0.1, -0.05) is 27.7 Å². The fraction of sp³-hybridized carbons (Fsp3) is 1.00. The molecule has 2 bridgehead atoms. The number of thioether (sulfide) groups is 1. The van der Waals surface area contributed by atoms with Gasteiger partial charge in [0.05, 0.1) is 12.2 Å². The molecule has 0 aromatic carbocycles. The summed E-state index contributed by atoms with van der Waals surface area (Å²) in [6, 6.07) is 0. The Morgan fingerprint density at radius 1 is 1.32 bits per heavy atom. The maximum atomic E-state index is 10.6. The molecule has 0 spiro atoms. The lowest BCUT2D eigenvalue weighted by molar-refractivity contribution is -0.151. The molecule has 6 atom stereocenters. The topological polar surface area (TPSA) is 29.5 Å². The highest BCUT2D eigenvalue weighted by atomic mass is 32.2. The van der Waals surface area contributed by atoms with Gasteiger partial charge in [-0.15, -0.1) is 11.8 Å². The van der Waals surface area contributed by atoms with Gasteiger partial charge in [0, 0.05) is 5.25 Å². The molecule has 1 saturated heterocycles. The minimum absolute atomic E-state index is 0.0469. The molecule has 4 aliphatic rings. The Morgan fingerprint density at radius 2 is 2.00 bits per heavy atom. The van der Waals surface area contributed by atoms with Crippen molar-refractivity contribution < 1.29 is 9.84 Å². The summed E-state index contributed by atoms with van der Waals surface area (Å²) in [6.07, 6.45) is 2.73. The Bertz CT molecular complexity index is 364. The van der Waals surface area contributed by atoms with Crippen molar-refractivity contribution >= 4 is 11.8 Å². The van der Waals surface area contributed by atoms with Crippen LogP contribution >= 0.6 is 11.8 Å². The number of hydrogen-bond acceptors (Lipinski definition) is 3. The van der Waals surface area contributed by atoms with Crippen LogP contribution in [-0.4, -0.2) is 28.0 Å². The summed E-state index contributed by atoms with van der Waals surface area (Å²) in [6.45, 7) is 11.8. The van der Waals surface area contributed by atoms with E-state index in [-0.39, 0.29) is 11.4 Å². The molecule has 110 valence electrons. The van der Waals surface area contributed by atoms with Gasteiger partial charge in [0.25, 0.3) is 0 Å². The number of rotatable bonds is 2. The van der Waals surface area contributed by atoms with E-state index in [4.69, 9.17) is 4.74 Å². The zero-order chi connectivity index (χ0) is 14.0. The zero-order valence-electron chi connectivity index (χ0n) is 12.8. The molecule has 4 fully saturated rings. The lowest BCUT2D eigenvalue weighted by atomic mass is 9.45. The van der Waals surface area contributed by atoms with E-state index < -0.39 is 5.60 Å². The van der Waals surface area contributed by atoms with Crippen LogP contribution < -0.4 is 0 Å². The third-order valence-electron chi connectivity index (χ3n) is 6.44. The van der Waals surface area contributed by atoms with Crippen molar-refractivity contribution in [2.75, 3.05) is 6.61 Å². The van der Waals surface area contributed by atoms with E-state index in [1.807, 2.05) is 18.7 Å². The number of aliphatic hydroxyl groups is 1. The average molecular weight is 284 g/mol. The fourth-order valence-corrected chi connectivity index (χ4v) is 6.09. The normalized spacial score (nSPS) is 47.2. The van der Waals surface area contributed by atoms with Gasteiger partial charge in [0.1, 0.15) is 5.44 Å². The maximum Gasteiger partial charge on any atom is 0.132 e. The monoisotopic (exact) mass is 284 g/mol. The van der Waals surface area contributed by atoms with Crippen LogP contribution in [0.5, 0.6) is 0 Å².